The number of aromatic hydroxyl groups is 2. The van der Waals surface area contributed by atoms with Crippen LogP contribution in [0.2, 0.25) is 0 Å². The predicted octanol–water partition coefficient (Wildman–Crippen LogP) is 10.0. The van der Waals surface area contributed by atoms with Crippen LogP contribution in [-0.4, -0.2) is 80.5 Å². The number of carbonyl (C=O) groups is 6. The summed E-state index contributed by atoms with van der Waals surface area (Å²) in [5, 5.41) is 54.8. The Morgan fingerprint density at radius 1 is 0.494 bits per heavy atom. The normalized spacial score (nSPS) is 10.1. The molecule has 0 aromatic heterocycles. The molecule has 79 heavy (non-hydrogen) atoms. The van der Waals surface area contributed by atoms with Crippen LogP contribution in [0.25, 0.3) is 0 Å². The lowest BCUT2D eigenvalue weighted by atomic mass is 10.1. The number of nitrogens with one attached hydrogen (secondary N) is 1. The van der Waals surface area contributed by atoms with Crippen molar-refractivity contribution in [1.29, 1.82) is 0 Å². The van der Waals surface area contributed by atoms with E-state index >= 15 is 0 Å². The monoisotopic (exact) mass is 1090 g/mol. The first kappa shape index (κ1) is 63.0. The van der Waals surface area contributed by atoms with Crippen molar-refractivity contribution < 1.29 is 72.7 Å². The highest BCUT2D eigenvalue weighted by atomic mass is 16.6. The second-order valence-electron chi connectivity index (χ2n) is 16.2. The number of nitro benzene ring substituents is 3. The van der Waals surface area contributed by atoms with E-state index in [1.807, 2.05) is 0 Å². The average molecular weight is 1090 g/mol. The molecule has 0 atom stereocenters. The molecular formula is C55H58N6O18. The van der Waals surface area contributed by atoms with Crippen molar-refractivity contribution in [2.45, 2.75) is 68.6 Å². The lowest BCUT2D eigenvalue weighted by molar-refractivity contribution is -0.385. The lowest BCUT2D eigenvalue weighted by Crippen LogP contribution is -2.28. The molecule has 0 aliphatic carbocycles. The maximum absolute atomic E-state index is 12.3. The van der Waals surface area contributed by atoms with Gasteiger partial charge in [0.25, 0.3) is 17.1 Å². The second-order valence-corrected chi connectivity index (χ2v) is 16.2. The van der Waals surface area contributed by atoms with Crippen LogP contribution in [0.3, 0.4) is 0 Å². The quantitative estimate of drug-likeness (QED) is 0.0169. The summed E-state index contributed by atoms with van der Waals surface area (Å²) in [7, 11) is 0. The molecule has 24 heteroatoms. The smallest absolute Gasteiger partial charge is 0.342 e. The number of benzene rings is 6. The minimum Gasteiger partial charge on any atom is -0.507 e. The van der Waals surface area contributed by atoms with Gasteiger partial charge in [-0.05, 0) is 92.1 Å². The van der Waals surface area contributed by atoms with Crippen molar-refractivity contribution >= 4 is 69.8 Å². The molecular weight excluding hydrogens is 1030 g/mol. The molecule has 24 nitrogen and oxygen atoms in total. The first-order valence-corrected chi connectivity index (χ1v) is 23.6. The van der Waals surface area contributed by atoms with Crippen molar-refractivity contribution in [3.63, 3.8) is 0 Å². The van der Waals surface area contributed by atoms with Crippen molar-refractivity contribution in [3.05, 3.63) is 191 Å². The van der Waals surface area contributed by atoms with Crippen LogP contribution < -0.4 is 19.9 Å². The van der Waals surface area contributed by atoms with E-state index in [9.17, 15) is 69.3 Å². The van der Waals surface area contributed by atoms with E-state index in [1.165, 1.54) is 116 Å². The number of carbonyl (C=O) groups excluding carboxylic acids is 6. The Morgan fingerprint density at radius 3 is 1.23 bits per heavy atom. The van der Waals surface area contributed by atoms with Crippen LogP contribution >= 0.6 is 0 Å². The van der Waals surface area contributed by atoms with E-state index in [1.54, 1.807) is 63.2 Å². The molecule has 6 aromatic rings. The van der Waals surface area contributed by atoms with E-state index < -0.39 is 38.6 Å². The summed E-state index contributed by atoms with van der Waals surface area (Å²) in [6.45, 7) is 10.1. The average Bonchev–Trinajstić information content (AvgIpc) is 3.42. The molecule has 0 bridgehead atoms. The molecule has 0 radical (unpaired) electrons. The first-order chi connectivity index (χ1) is 37.1. The number of hydrogen-bond donors (Lipinski definition) is 3. The van der Waals surface area contributed by atoms with Gasteiger partial charge in [0.2, 0.25) is 11.8 Å². The van der Waals surface area contributed by atoms with Crippen LogP contribution in [0.15, 0.2) is 127 Å². The van der Waals surface area contributed by atoms with E-state index in [2.05, 4.69) is 5.32 Å². The zero-order valence-electron chi connectivity index (χ0n) is 43.0. The third-order valence-corrected chi connectivity index (χ3v) is 10.7. The summed E-state index contributed by atoms with van der Waals surface area (Å²) in [6, 6.07) is 30.9. The number of non-ortho nitro benzene ring substituents is 3. The molecule has 0 heterocycles. The van der Waals surface area contributed by atoms with Gasteiger partial charge in [-0.25, -0.2) is 14.4 Å². The van der Waals surface area contributed by atoms with Gasteiger partial charge in [-0.1, -0.05) is 43.8 Å². The molecule has 0 saturated carbocycles. The highest BCUT2D eigenvalue weighted by Gasteiger charge is 2.22. The van der Waals surface area contributed by atoms with Gasteiger partial charge in [0.1, 0.15) is 33.9 Å². The van der Waals surface area contributed by atoms with Crippen molar-refractivity contribution in [1.82, 2.24) is 0 Å². The summed E-state index contributed by atoms with van der Waals surface area (Å²) in [5.74, 6) is -3.53. The van der Waals surface area contributed by atoms with Crippen LogP contribution in [0.4, 0.5) is 34.1 Å². The number of hydrogen-bond acceptors (Lipinski definition) is 19. The molecule has 0 unspecified atom stereocenters. The number of esters is 4. The molecule has 0 saturated heterocycles. The Bertz CT molecular complexity index is 3150. The molecule has 0 aliphatic rings. The van der Waals surface area contributed by atoms with Crippen LogP contribution in [0, 0.1) is 30.3 Å². The molecule has 0 fully saturated rings. The first-order valence-electron chi connectivity index (χ1n) is 23.6. The Hall–Kier alpha value is -10.3. The summed E-state index contributed by atoms with van der Waals surface area (Å²) in [5.41, 5.74) is 3.58. The highest BCUT2D eigenvalue weighted by molar-refractivity contribution is 5.98. The van der Waals surface area contributed by atoms with Gasteiger partial charge in [0, 0.05) is 80.8 Å². The standard InChI is InChI=1S/C20H20N2O7.C18H18N2O6.C16H16N2O5.CH4/c1-4-28-20(25)18-11-17(9-10-19(18)29-14(3)24)21(13(2)23)12-15-5-7-16(8-6-15)22(26)27;1-3-26-18(23)16-10-15(8-9-17(16)22)19(12(2)21)11-13-4-6-14(7-5-13)20(24)25;1-2-23-16(20)14-9-12(5-8-15(14)19)17-10-11-3-6-13(7-4-11)18(21)22;/h5-11H,4,12H2,1-3H3;4-10,22H,3,11H2,1-2H3;3-9,17,19H,2,10H2,1H3;1H4. The van der Waals surface area contributed by atoms with Crippen LogP contribution in [0.1, 0.15) is 96.7 Å². The largest absolute Gasteiger partial charge is 0.507 e. The zero-order valence-corrected chi connectivity index (χ0v) is 43.0. The number of ether oxygens (including phenoxy) is 4. The summed E-state index contributed by atoms with van der Waals surface area (Å²) >= 11 is 0. The Labute approximate surface area is 453 Å². The van der Waals surface area contributed by atoms with Crippen molar-refractivity contribution in [2.75, 3.05) is 34.9 Å². The predicted molar refractivity (Wildman–Crippen MR) is 289 cm³/mol. The topological polar surface area (TPSA) is 328 Å². The number of phenolic OH excluding ortho intramolecular Hbond substituents is 2. The second kappa shape index (κ2) is 30.3. The Balaban J connectivity index is 0.000000311. The number of amides is 2. The van der Waals surface area contributed by atoms with Gasteiger partial charge in [-0.2, -0.15) is 0 Å². The van der Waals surface area contributed by atoms with E-state index in [0.717, 1.165) is 5.56 Å². The minimum atomic E-state index is -0.690. The van der Waals surface area contributed by atoms with Gasteiger partial charge in [-0.15, -0.1) is 0 Å². The summed E-state index contributed by atoms with van der Waals surface area (Å²) in [6.07, 6.45) is 0. The van der Waals surface area contributed by atoms with Gasteiger partial charge in [0.15, 0.2) is 0 Å². The maximum Gasteiger partial charge on any atom is 0.342 e. The van der Waals surface area contributed by atoms with Gasteiger partial charge >= 0.3 is 23.9 Å². The fourth-order valence-electron chi connectivity index (χ4n) is 6.90. The molecule has 0 aliphatic heterocycles. The zero-order chi connectivity index (χ0) is 57.6. The third kappa shape index (κ3) is 18.8. The number of phenols is 2. The Morgan fingerprint density at radius 2 is 0.848 bits per heavy atom. The molecule has 3 N–H and O–H groups in total. The van der Waals surface area contributed by atoms with E-state index in [-0.39, 0.29) is 103 Å². The number of nitro groups is 3. The molecule has 2 amide bonds. The fourth-order valence-corrected chi connectivity index (χ4v) is 6.90. The Kier molecular flexibility index (Phi) is 24.2. The molecule has 6 rings (SSSR count). The number of nitrogens with zero attached hydrogens (tertiary/aromatic N) is 5. The van der Waals surface area contributed by atoms with Gasteiger partial charge < -0.3 is 44.3 Å². The molecule has 416 valence electrons. The van der Waals surface area contributed by atoms with E-state index in [0.29, 0.717) is 34.7 Å². The fraction of sp³-hybridized carbons (Fsp3) is 0.236. The van der Waals surface area contributed by atoms with Gasteiger partial charge in [0.05, 0.1) is 47.7 Å². The number of anilines is 3. The van der Waals surface area contributed by atoms with Crippen molar-refractivity contribution in [2.24, 2.45) is 0 Å². The highest BCUT2D eigenvalue weighted by Crippen LogP contribution is 2.30. The lowest BCUT2D eigenvalue weighted by Gasteiger charge is -2.22. The molecule has 6 aromatic carbocycles. The number of rotatable bonds is 19. The minimum absolute atomic E-state index is 0. The third-order valence-electron chi connectivity index (χ3n) is 10.7. The van der Waals surface area contributed by atoms with Crippen LogP contribution in [-0.2, 0) is 48.2 Å². The van der Waals surface area contributed by atoms with Crippen LogP contribution in [0.5, 0.6) is 17.2 Å². The van der Waals surface area contributed by atoms with Gasteiger partial charge in [-0.3, -0.25) is 44.7 Å². The SMILES string of the molecule is C.CCOC(=O)c1cc(N(Cc2ccc([N+](=O)[O-])cc2)C(C)=O)ccc1O.CCOC(=O)c1cc(N(Cc2ccc([N+](=O)[O-])cc2)C(C)=O)ccc1OC(C)=O.CCOC(=O)c1cc(NCc2ccc([N+](=O)[O-])cc2)ccc1O. The summed E-state index contributed by atoms with van der Waals surface area (Å²) in [4.78, 5) is 105. The van der Waals surface area contributed by atoms with Crippen molar-refractivity contribution in [3.8, 4) is 17.2 Å². The molecule has 0 spiro atoms. The summed E-state index contributed by atoms with van der Waals surface area (Å²) < 4.78 is 19.8. The van der Waals surface area contributed by atoms with E-state index in [4.69, 9.17) is 18.9 Å². The maximum atomic E-state index is 12.3.